The Kier molecular flexibility index (Phi) is 5.05. The van der Waals surface area contributed by atoms with Crippen LogP contribution in [-0.2, 0) is 22.4 Å². The van der Waals surface area contributed by atoms with Crippen LogP contribution in [0.2, 0.25) is 5.02 Å². The van der Waals surface area contributed by atoms with E-state index in [9.17, 15) is 4.79 Å². The van der Waals surface area contributed by atoms with Gasteiger partial charge in [0.1, 0.15) is 5.75 Å². The van der Waals surface area contributed by atoms with Crippen LogP contribution in [0.4, 0.5) is 0 Å². The van der Waals surface area contributed by atoms with Gasteiger partial charge in [-0.1, -0.05) is 49.7 Å². The molecule has 0 radical (unpaired) electrons. The van der Waals surface area contributed by atoms with E-state index in [4.69, 9.17) is 21.1 Å². The van der Waals surface area contributed by atoms with Crippen molar-refractivity contribution in [1.29, 1.82) is 0 Å². The SMILES string of the molecule is CCOC(=O)C1(Cc2ccc(Cl)cc2)Cc2cc(C(C)C)ccc2O1. The highest BCUT2D eigenvalue weighted by molar-refractivity contribution is 6.30. The fraction of sp³-hybridized carbons (Fsp3) is 0.381. The maximum atomic E-state index is 12.8. The molecule has 1 aliphatic heterocycles. The Bertz CT molecular complexity index is 767. The molecule has 3 rings (SSSR count). The van der Waals surface area contributed by atoms with E-state index in [0.717, 1.165) is 16.9 Å². The summed E-state index contributed by atoms with van der Waals surface area (Å²) in [6, 6.07) is 13.7. The molecule has 0 aliphatic carbocycles. The average molecular weight is 359 g/mol. The first-order chi connectivity index (χ1) is 11.9. The van der Waals surface area contributed by atoms with Crippen LogP contribution in [0.25, 0.3) is 0 Å². The number of carbonyl (C=O) groups excluding carboxylic acids is 1. The molecule has 3 nitrogen and oxygen atoms in total. The maximum Gasteiger partial charge on any atom is 0.351 e. The molecule has 0 amide bonds. The molecule has 0 saturated carbocycles. The summed E-state index contributed by atoms with van der Waals surface area (Å²) in [7, 11) is 0. The Morgan fingerprint density at radius 3 is 2.60 bits per heavy atom. The number of rotatable bonds is 5. The maximum absolute atomic E-state index is 12.8. The fourth-order valence-corrected chi connectivity index (χ4v) is 3.36. The second kappa shape index (κ2) is 7.09. The monoisotopic (exact) mass is 358 g/mol. The van der Waals surface area contributed by atoms with Gasteiger partial charge in [0.2, 0.25) is 5.60 Å². The zero-order valence-electron chi connectivity index (χ0n) is 14.8. The first-order valence-corrected chi connectivity index (χ1v) is 9.05. The smallest absolute Gasteiger partial charge is 0.351 e. The Labute approximate surface area is 153 Å². The largest absolute Gasteiger partial charge is 0.475 e. The molecule has 0 bridgehead atoms. The van der Waals surface area contributed by atoms with Crippen molar-refractivity contribution in [2.75, 3.05) is 6.61 Å². The Morgan fingerprint density at radius 1 is 1.24 bits per heavy atom. The molecule has 1 aliphatic rings. The summed E-state index contributed by atoms with van der Waals surface area (Å²) in [5, 5.41) is 0.672. The number of hydrogen-bond acceptors (Lipinski definition) is 3. The lowest BCUT2D eigenvalue weighted by atomic mass is 9.89. The molecule has 2 aromatic carbocycles. The molecule has 25 heavy (non-hydrogen) atoms. The van der Waals surface area contributed by atoms with Crippen molar-refractivity contribution < 1.29 is 14.3 Å². The minimum Gasteiger partial charge on any atom is -0.475 e. The topological polar surface area (TPSA) is 35.5 Å². The number of carbonyl (C=O) groups is 1. The average Bonchev–Trinajstić information content (AvgIpc) is 2.95. The minimum atomic E-state index is -1.01. The molecule has 1 atom stereocenters. The van der Waals surface area contributed by atoms with Gasteiger partial charge in [-0.05, 0) is 47.7 Å². The zero-order chi connectivity index (χ0) is 18.0. The summed E-state index contributed by atoms with van der Waals surface area (Å²) in [6.07, 6.45) is 0.971. The third-order valence-electron chi connectivity index (χ3n) is 4.58. The van der Waals surface area contributed by atoms with E-state index in [1.54, 1.807) is 0 Å². The van der Waals surface area contributed by atoms with Gasteiger partial charge in [-0.25, -0.2) is 4.79 Å². The van der Waals surface area contributed by atoms with E-state index in [0.29, 0.717) is 30.4 Å². The Balaban J connectivity index is 1.93. The quantitative estimate of drug-likeness (QED) is 0.710. The molecule has 1 unspecified atom stereocenters. The summed E-state index contributed by atoms with van der Waals surface area (Å²) >= 11 is 5.97. The first kappa shape index (κ1) is 17.8. The van der Waals surface area contributed by atoms with Gasteiger partial charge in [0.05, 0.1) is 6.61 Å². The summed E-state index contributed by atoms with van der Waals surface area (Å²) in [4.78, 5) is 12.8. The number of ether oxygens (including phenoxy) is 2. The number of hydrogen-bond donors (Lipinski definition) is 0. The van der Waals surface area contributed by atoms with Gasteiger partial charge in [0, 0.05) is 17.9 Å². The van der Waals surface area contributed by atoms with Gasteiger partial charge in [0.15, 0.2) is 0 Å². The van der Waals surface area contributed by atoms with Crippen molar-refractivity contribution in [2.24, 2.45) is 0 Å². The van der Waals surface area contributed by atoms with E-state index in [1.165, 1.54) is 5.56 Å². The molecular weight excluding hydrogens is 336 g/mol. The Hall–Kier alpha value is -2.00. The second-order valence-electron chi connectivity index (χ2n) is 6.82. The van der Waals surface area contributed by atoms with Gasteiger partial charge in [-0.3, -0.25) is 0 Å². The van der Waals surface area contributed by atoms with Crippen LogP contribution >= 0.6 is 11.6 Å². The van der Waals surface area contributed by atoms with Gasteiger partial charge in [-0.15, -0.1) is 0 Å². The highest BCUT2D eigenvalue weighted by Crippen LogP contribution is 2.39. The van der Waals surface area contributed by atoms with Crippen molar-refractivity contribution >= 4 is 17.6 Å². The summed E-state index contributed by atoms with van der Waals surface area (Å²) in [5.41, 5.74) is 2.29. The van der Waals surface area contributed by atoms with Crippen molar-refractivity contribution in [1.82, 2.24) is 0 Å². The van der Waals surface area contributed by atoms with Crippen LogP contribution in [0.15, 0.2) is 42.5 Å². The number of fused-ring (bicyclic) bond motifs is 1. The molecule has 1 heterocycles. The van der Waals surface area contributed by atoms with Crippen LogP contribution in [-0.4, -0.2) is 18.2 Å². The molecule has 0 N–H and O–H groups in total. The van der Waals surface area contributed by atoms with Gasteiger partial charge in [-0.2, -0.15) is 0 Å². The van der Waals surface area contributed by atoms with Gasteiger partial charge < -0.3 is 9.47 Å². The van der Waals surface area contributed by atoms with E-state index < -0.39 is 5.60 Å². The molecular formula is C21H23ClO3. The molecule has 4 heteroatoms. The highest BCUT2D eigenvalue weighted by Gasteiger charge is 2.47. The third kappa shape index (κ3) is 3.67. The number of benzene rings is 2. The third-order valence-corrected chi connectivity index (χ3v) is 4.83. The predicted octanol–water partition coefficient (Wildman–Crippen LogP) is 4.94. The van der Waals surface area contributed by atoms with Gasteiger partial charge in [0.25, 0.3) is 0 Å². The summed E-state index contributed by atoms with van der Waals surface area (Å²) in [6.45, 7) is 6.46. The first-order valence-electron chi connectivity index (χ1n) is 8.67. The lowest BCUT2D eigenvalue weighted by Crippen LogP contribution is -2.46. The van der Waals surface area contributed by atoms with Crippen LogP contribution in [0.1, 0.15) is 43.4 Å². The molecule has 0 aromatic heterocycles. The minimum absolute atomic E-state index is 0.313. The molecule has 0 spiro atoms. The number of esters is 1. The van der Waals surface area contributed by atoms with E-state index in [-0.39, 0.29) is 5.97 Å². The zero-order valence-corrected chi connectivity index (χ0v) is 15.6. The van der Waals surface area contributed by atoms with Crippen molar-refractivity contribution in [3.8, 4) is 5.75 Å². The molecule has 2 aromatic rings. The predicted molar refractivity (Wildman–Crippen MR) is 99.4 cm³/mol. The van der Waals surface area contributed by atoms with Crippen LogP contribution < -0.4 is 4.74 Å². The van der Waals surface area contributed by atoms with Gasteiger partial charge >= 0.3 is 5.97 Å². The van der Waals surface area contributed by atoms with E-state index in [2.05, 4.69) is 26.0 Å². The van der Waals surface area contributed by atoms with Crippen LogP contribution in [0.3, 0.4) is 0 Å². The lowest BCUT2D eigenvalue weighted by molar-refractivity contribution is -0.160. The van der Waals surface area contributed by atoms with Crippen LogP contribution in [0.5, 0.6) is 5.75 Å². The summed E-state index contributed by atoms with van der Waals surface area (Å²) < 4.78 is 11.5. The van der Waals surface area contributed by atoms with E-state index in [1.807, 2.05) is 37.3 Å². The van der Waals surface area contributed by atoms with Crippen molar-refractivity contribution in [3.05, 3.63) is 64.2 Å². The number of halogens is 1. The fourth-order valence-electron chi connectivity index (χ4n) is 3.23. The van der Waals surface area contributed by atoms with E-state index >= 15 is 0 Å². The lowest BCUT2D eigenvalue weighted by Gasteiger charge is -2.26. The second-order valence-corrected chi connectivity index (χ2v) is 7.26. The molecule has 0 fully saturated rings. The highest BCUT2D eigenvalue weighted by atomic mass is 35.5. The standard InChI is InChI=1S/C21H23ClO3/c1-4-24-20(23)21(12-15-5-8-18(22)9-6-15)13-17-11-16(14(2)3)7-10-19(17)25-21/h5-11,14H,4,12-13H2,1-3H3. The molecule has 132 valence electrons. The molecule has 0 saturated heterocycles. The Morgan fingerprint density at radius 2 is 1.96 bits per heavy atom. The normalized spacial score (nSPS) is 18.8. The summed E-state index contributed by atoms with van der Waals surface area (Å²) in [5.74, 6) is 0.887. The van der Waals surface area contributed by atoms with Crippen molar-refractivity contribution in [2.45, 2.75) is 45.1 Å². The van der Waals surface area contributed by atoms with Crippen molar-refractivity contribution in [3.63, 3.8) is 0 Å². The van der Waals surface area contributed by atoms with Crippen LogP contribution in [0, 0.1) is 0 Å².